The van der Waals surface area contributed by atoms with Gasteiger partial charge in [-0.15, -0.1) is 0 Å². The highest BCUT2D eigenvalue weighted by atomic mass is 32.2. The summed E-state index contributed by atoms with van der Waals surface area (Å²) in [6.45, 7) is 2.89. The molecule has 0 amide bonds. The summed E-state index contributed by atoms with van der Waals surface area (Å²) >= 11 is 0. The van der Waals surface area contributed by atoms with E-state index in [-0.39, 0.29) is 11.9 Å². The molecule has 1 heterocycles. The van der Waals surface area contributed by atoms with Gasteiger partial charge in [0.25, 0.3) is 0 Å². The minimum Gasteiger partial charge on any atom is -0.399 e. The van der Waals surface area contributed by atoms with Crippen molar-refractivity contribution in [3.05, 3.63) is 24.3 Å². The van der Waals surface area contributed by atoms with Crippen LogP contribution >= 0.6 is 0 Å². The second-order valence-electron chi connectivity index (χ2n) is 4.67. The zero-order valence-electron chi connectivity index (χ0n) is 11.1. The lowest BCUT2D eigenvalue weighted by Crippen LogP contribution is -2.36. The maximum absolute atomic E-state index is 12.4. The number of nitrogens with zero attached hydrogens (tertiary/aromatic N) is 1. The van der Waals surface area contributed by atoms with Gasteiger partial charge in [0.1, 0.15) is 0 Å². The molecule has 0 spiro atoms. The maximum atomic E-state index is 12.4. The van der Waals surface area contributed by atoms with Crippen LogP contribution in [0.25, 0.3) is 0 Å². The van der Waals surface area contributed by atoms with E-state index in [1.165, 1.54) is 4.31 Å². The fourth-order valence-corrected chi connectivity index (χ4v) is 4.03. The monoisotopic (exact) mass is 284 g/mol. The average molecular weight is 284 g/mol. The van der Waals surface area contributed by atoms with Gasteiger partial charge in [0, 0.05) is 18.8 Å². The van der Waals surface area contributed by atoms with Crippen molar-refractivity contribution in [3.63, 3.8) is 0 Å². The predicted molar refractivity (Wildman–Crippen MR) is 76.6 cm³/mol. The largest absolute Gasteiger partial charge is 0.399 e. The van der Waals surface area contributed by atoms with Crippen LogP contribution in [0.2, 0.25) is 0 Å². The number of rotatable bonds is 5. The van der Waals surface area contributed by atoms with Gasteiger partial charge in [-0.3, -0.25) is 4.31 Å². The lowest BCUT2D eigenvalue weighted by molar-refractivity contribution is 0.127. The van der Waals surface area contributed by atoms with Crippen molar-refractivity contribution in [1.29, 1.82) is 0 Å². The Bertz CT molecular complexity index is 507. The molecule has 1 aromatic carbocycles. The molecule has 0 radical (unpaired) electrons. The molecule has 0 saturated carbocycles. The summed E-state index contributed by atoms with van der Waals surface area (Å²) in [6.07, 6.45) is 1.58. The standard InChI is InChI=1S/C13H20N2O3S/c1-2-15(12-7-5-11(14)6-8-12)19(16,17)10-13-4-3-9-18-13/h5-8,13H,2-4,9-10,14H2,1H3. The van der Waals surface area contributed by atoms with Crippen LogP contribution in [0, 0.1) is 0 Å². The number of hydrogen-bond donors (Lipinski definition) is 1. The highest BCUT2D eigenvalue weighted by Crippen LogP contribution is 2.22. The third kappa shape index (κ3) is 3.39. The quantitative estimate of drug-likeness (QED) is 0.834. The van der Waals surface area contributed by atoms with E-state index < -0.39 is 10.0 Å². The van der Waals surface area contributed by atoms with Crippen LogP contribution in [0.1, 0.15) is 19.8 Å². The molecular weight excluding hydrogens is 264 g/mol. The highest BCUT2D eigenvalue weighted by Gasteiger charge is 2.28. The molecule has 0 aromatic heterocycles. The van der Waals surface area contributed by atoms with E-state index in [1.807, 2.05) is 6.92 Å². The third-order valence-corrected chi connectivity index (χ3v) is 5.16. The zero-order chi connectivity index (χ0) is 13.9. The zero-order valence-corrected chi connectivity index (χ0v) is 11.9. The molecule has 0 aliphatic carbocycles. The molecule has 1 fully saturated rings. The van der Waals surface area contributed by atoms with Gasteiger partial charge in [0.05, 0.1) is 17.5 Å². The van der Waals surface area contributed by atoms with Crippen LogP contribution in [0.3, 0.4) is 0 Å². The van der Waals surface area contributed by atoms with Crippen molar-refractivity contribution in [2.75, 3.05) is 28.9 Å². The van der Waals surface area contributed by atoms with Crippen molar-refractivity contribution in [2.45, 2.75) is 25.9 Å². The number of nitrogens with two attached hydrogens (primary N) is 1. The molecule has 2 N–H and O–H groups in total. The molecule has 1 aliphatic heterocycles. The van der Waals surface area contributed by atoms with Crippen molar-refractivity contribution in [2.24, 2.45) is 0 Å². The second-order valence-corrected chi connectivity index (χ2v) is 6.61. The van der Waals surface area contributed by atoms with Crippen LogP contribution in [-0.4, -0.2) is 33.4 Å². The van der Waals surface area contributed by atoms with Crippen molar-refractivity contribution in [1.82, 2.24) is 0 Å². The van der Waals surface area contributed by atoms with E-state index in [1.54, 1.807) is 24.3 Å². The fraction of sp³-hybridized carbons (Fsp3) is 0.538. The number of ether oxygens (including phenoxy) is 1. The highest BCUT2D eigenvalue weighted by molar-refractivity contribution is 7.92. The Hall–Kier alpha value is -1.27. The third-order valence-electron chi connectivity index (χ3n) is 3.22. The molecule has 106 valence electrons. The molecule has 1 unspecified atom stereocenters. The summed E-state index contributed by atoms with van der Waals surface area (Å²) in [7, 11) is -3.35. The smallest absolute Gasteiger partial charge is 0.237 e. The summed E-state index contributed by atoms with van der Waals surface area (Å²) in [4.78, 5) is 0. The van der Waals surface area contributed by atoms with E-state index in [9.17, 15) is 8.42 Å². The van der Waals surface area contributed by atoms with Crippen molar-refractivity contribution in [3.8, 4) is 0 Å². The Morgan fingerprint density at radius 1 is 1.37 bits per heavy atom. The lowest BCUT2D eigenvalue weighted by atomic mass is 10.3. The molecule has 6 heteroatoms. The van der Waals surface area contributed by atoms with E-state index in [0.717, 1.165) is 12.8 Å². The number of anilines is 2. The van der Waals surface area contributed by atoms with Crippen LogP contribution < -0.4 is 10.0 Å². The van der Waals surface area contributed by atoms with Crippen LogP contribution in [0.15, 0.2) is 24.3 Å². The average Bonchev–Trinajstić information content (AvgIpc) is 2.84. The Morgan fingerprint density at radius 3 is 2.58 bits per heavy atom. The van der Waals surface area contributed by atoms with Crippen LogP contribution in [-0.2, 0) is 14.8 Å². The molecule has 0 bridgehead atoms. The Kier molecular flexibility index (Phi) is 4.31. The van der Waals surface area contributed by atoms with E-state index >= 15 is 0 Å². The number of nitrogen functional groups attached to an aromatic ring is 1. The first-order chi connectivity index (χ1) is 9.03. The molecular formula is C13H20N2O3S. The van der Waals surface area contributed by atoms with Crippen molar-refractivity contribution >= 4 is 21.4 Å². The molecule has 1 atom stereocenters. The number of benzene rings is 1. The normalized spacial score (nSPS) is 19.5. The number of sulfonamides is 1. The molecule has 19 heavy (non-hydrogen) atoms. The summed E-state index contributed by atoms with van der Waals surface area (Å²) in [6, 6.07) is 6.87. The summed E-state index contributed by atoms with van der Waals surface area (Å²) in [5, 5.41) is 0. The van der Waals surface area contributed by atoms with Gasteiger partial charge in [-0.1, -0.05) is 0 Å². The van der Waals surface area contributed by atoms with E-state index in [2.05, 4.69) is 0 Å². The fourth-order valence-electron chi connectivity index (χ4n) is 2.28. The molecule has 1 aromatic rings. The van der Waals surface area contributed by atoms with Gasteiger partial charge in [-0.25, -0.2) is 8.42 Å². The van der Waals surface area contributed by atoms with E-state index in [0.29, 0.717) is 24.5 Å². The van der Waals surface area contributed by atoms with Gasteiger partial charge >= 0.3 is 0 Å². The summed E-state index contributed by atoms with van der Waals surface area (Å²) < 4.78 is 31.7. The Labute approximate surface area is 114 Å². The van der Waals surface area contributed by atoms with Crippen LogP contribution in [0.4, 0.5) is 11.4 Å². The summed E-state index contributed by atoms with van der Waals surface area (Å²) in [5.74, 6) is 0.0468. The first-order valence-electron chi connectivity index (χ1n) is 6.50. The Balaban J connectivity index is 2.17. The van der Waals surface area contributed by atoms with Gasteiger partial charge in [0.2, 0.25) is 10.0 Å². The lowest BCUT2D eigenvalue weighted by Gasteiger charge is -2.24. The topological polar surface area (TPSA) is 72.6 Å². The summed E-state index contributed by atoms with van der Waals surface area (Å²) in [5.41, 5.74) is 6.89. The van der Waals surface area contributed by atoms with Gasteiger partial charge in [-0.2, -0.15) is 0 Å². The van der Waals surface area contributed by atoms with Crippen LogP contribution in [0.5, 0.6) is 0 Å². The SMILES string of the molecule is CCN(c1ccc(N)cc1)S(=O)(=O)CC1CCCO1. The molecule has 1 aliphatic rings. The first kappa shape index (κ1) is 14.1. The van der Waals surface area contributed by atoms with Crippen molar-refractivity contribution < 1.29 is 13.2 Å². The Morgan fingerprint density at radius 2 is 2.05 bits per heavy atom. The van der Waals surface area contributed by atoms with E-state index in [4.69, 9.17) is 10.5 Å². The van der Waals surface area contributed by atoms with Gasteiger partial charge < -0.3 is 10.5 Å². The van der Waals surface area contributed by atoms with Gasteiger partial charge in [-0.05, 0) is 44.0 Å². The molecule has 1 saturated heterocycles. The first-order valence-corrected chi connectivity index (χ1v) is 8.11. The minimum absolute atomic E-state index is 0.0468. The molecule has 5 nitrogen and oxygen atoms in total. The predicted octanol–water partition coefficient (Wildman–Crippen LogP) is 1.60. The number of hydrogen-bond acceptors (Lipinski definition) is 4. The van der Waals surface area contributed by atoms with Gasteiger partial charge in [0.15, 0.2) is 0 Å². The minimum atomic E-state index is -3.35. The second kappa shape index (κ2) is 5.79. The maximum Gasteiger partial charge on any atom is 0.237 e. The molecule has 2 rings (SSSR count).